The molecule has 18 heavy (non-hydrogen) atoms. The summed E-state index contributed by atoms with van der Waals surface area (Å²) in [6, 6.07) is 13.5. The Kier molecular flexibility index (Phi) is 3.72. The molecule has 1 N–H and O–H groups in total. The van der Waals surface area contributed by atoms with Gasteiger partial charge in [0.25, 0.3) is 5.91 Å². The second kappa shape index (κ2) is 5.45. The Morgan fingerprint density at radius 2 is 1.89 bits per heavy atom. The molecule has 0 fully saturated rings. The number of hydrogen-bond acceptors (Lipinski definition) is 2. The molecular weight excluding hydrogens is 224 g/mol. The lowest BCUT2D eigenvalue weighted by atomic mass is 10.1. The standard InChI is InChI=1S/C15H16N2O/c1-11(2)17-15(18)13-8-9-16-14(10-13)12-6-4-3-5-7-12/h3-11H,1-2H3,(H,17,18). The number of nitrogens with one attached hydrogen (secondary N) is 1. The molecule has 3 heteroatoms. The van der Waals surface area contributed by atoms with Gasteiger partial charge in [0.1, 0.15) is 0 Å². The van der Waals surface area contributed by atoms with Crippen LogP contribution in [0.5, 0.6) is 0 Å². The number of hydrogen-bond donors (Lipinski definition) is 1. The third-order valence-corrected chi connectivity index (χ3v) is 2.51. The summed E-state index contributed by atoms with van der Waals surface area (Å²) in [5.41, 5.74) is 2.46. The van der Waals surface area contributed by atoms with Crippen molar-refractivity contribution in [2.24, 2.45) is 0 Å². The molecule has 2 aromatic rings. The Hall–Kier alpha value is -2.16. The van der Waals surface area contributed by atoms with Gasteiger partial charge in [0.05, 0.1) is 5.69 Å². The van der Waals surface area contributed by atoms with Crippen molar-refractivity contribution in [2.75, 3.05) is 0 Å². The van der Waals surface area contributed by atoms with Crippen LogP contribution in [0.25, 0.3) is 11.3 Å². The van der Waals surface area contributed by atoms with Crippen molar-refractivity contribution in [3.8, 4) is 11.3 Å². The maximum atomic E-state index is 11.9. The van der Waals surface area contributed by atoms with E-state index in [1.165, 1.54) is 0 Å². The third-order valence-electron chi connectivity index (χ3n) is 2.51. The van der Waals surface area contributed by atoms with Crippen LogP contribution in [0.2, 0.25) is 0 Å². The SMILES string of the molecule is CC(C)NC(=O)c1ccnc(-c2ccccc2)c1. The second-order valence-corrected chi connectivity index (χ2v) is 4.42. The molecule has 0 unspecified atom stereocenters. The van der Waals surface area contributed by atoms with Gasteiger partial charge in [0.15, 0.2) is 0 Å². The van der Waals surface area contributed by atoms with Gasteiger partial charge in [-0.2, -0.15) is 0 Å². The molecule has 1 aromatic heterocycles. The number of pyridine rings is 1. The molecule has 1 aromatic carbocycles. The Morgan fingerprint density at radius 1 is 1.17 bits per heavy atom. The van der Waals surface area contributed by atoms with Crippen molar-refractivity contribution in [2.45, 2.75) is 19.9 Å². The van der Waals surface area contributed by atoms with E-state index >= 15 is 0 Å². The fourth-order valence-electron chi connectivity index (χ4n) is 1.68. The Morgan fingerprint density at radius 3 is 2.56 bits per heavy atom. The topological polar surface area (TPSA) is 42.0 Å². The number of nitrogens with zero attached hydrogens (tertiary/aromatic N) is 1. The van der Waals surface area contributed by atoms with E-state index in [1.807, 2.05) is 50.2 Å². The zero-order valence-electron chi connectivity index (χ0n) is 10.6. The van der Waals surface area contributed by atoms with Gasteiger partial charge in [-0.1, -0.05) is 30.3 Å². The predicted octanol–water partition coefficient (Wildman–Crippen LogP) is 2.89. The predicted molar refractivity (Wildman–Crippen MR) is 72.3 cm³/mol. The lowest BCUT2D eigenvalue weighted by molar-refractivity contribution is 0.0943. The zero-order chi connectivity index (χ0) is 13.0. The average Bonchev–Trinajstić information content (AvgIpc) is 2.39. The third kappa shape index (κ3) is 2.94. The van der Waals surface area contributed by atoms with Crippen LogP contribution in [0.4, 0.5) is 0 Å². The van der Waals surface area contributed by atoms with Crippen molar-refractivity contribution in [1.82, 2.24) is 10.3 Å². The monoisotopic (exact) mass is 240 g/mol. The Balaban J connectivity index is 2.28. The highest BCUT2D eigenvalue weighted by Crippen LogP contribution is 2.17. The molecule has 0 atom stereocenters. The normalized spacial score (nSPS) is 10.4. The van der Waals surface area contributed by atoms with Gasteiger partial charge in [-0.3, -0.25) is 9.78 Å². The number of benzene rings is 1. The van der Waals surface area contributed by atoms with E-state index in [9.17, 15) is 4.79 Å². The van der Waals surface area contributed by atoms with Crippen LogP contribution in [0, 0.1) is 0 Å². The van der Waals surface area contributed by atoms with Gasteiger partial charge >= 0.3 is 0 Å². The molecule has 1 amide bonds. The summed E-state index contributed by atoms with van der Waals surface area (Å²) in [6.45, 7) is 3.88. The number of carbonyl (C=O) groups is 1. The summed E-state index contributed by atoms with van der Waals surface area (Å²) >= 11 is 0. The van der Waals surface area contributed by atoms with Crippen LogP contribution in [-0.4, -0.2) is 16.9 Å². The van der Waals surface area contributed by atoms with E-state index in [1.54, 1.807) is 12.3 Å². The first-order chi connectivity index (χ1) is 8.66. The van der Waals surface area contributed by atoms with Crippen molar-refractivity contribution >= 4 is 5.91 Å². The molecule has 0 saturated heterocycles. The van der Waals surface area contributed by atoms with Gasteiger partial charge in [0, 0.05) is 23.4 Å². The van der Waals surface area contributed by atoms with Crippen LogP contribution < -0.4 is 5.32 Å². The van der Waals surface area contributed by atoms with Crippen molar-refractivity contribution < 1.29 is 4.79 Å². The summed E-state index contributed by atoms with van der Waals surface area (Å²) in [5, 5.41) is 2.87. The molecule has 0 bridgehead atoms. The van der Waals surface area contributed by atoms with Crippen LogP contribution in [0.15, 0.2) is 48.7 Å². The lowest BCUT2D eigenvalue weighted by Crippen LogP contribution is -2.30. The number of carbonyl (C=O) groups excluding carboxylic acids is 1. The van der Waals surface area contributed by atoms with Gasteiger partial charge in [-0.25, -0.2) is 0 Å². The van der Waals surface area contributed by atoms with Crippen LogP contribution in [0.1, 0.15) is 24.2 Å². The number of aromatic nitrogens is 1. The molecular formula is C15H16N2O. The first kappa shape index (κ1) is 12.3. The Bertz CT molecular complexity index is 535. The second-order valence-electron chi connectivity index (χ2n) is 4.42. The molecule has 92 valence electrons. The van der Waals surface area contributed by atoms with Gasteiger partial charge in [-0.15, -0.1) is 0 Å². The van der Waals surface area contributed by atoms with Gasteiger partial charge in [-0.05, 0) is 26.0 Å². The van der Waals surface area contributed by atoms with Gasteiger partial charge < -0.3 is 5.32 Å². The van der Waals surface area contributed by atoms with Crippen LogP contribution >= 0.6 is 0 Å². The molecule has 0 saturated carbocycles. The fraction of sp³-hybridized carbons (Fsp3) is 0.200. The smallest absolute Gasteiger partial charge is 0.251 e. The summed E-state index contributed by atoms with van der Waals surface area (Å²) in [6.07, 6.45) is 1.66. The van der Waals surface area contributed by atoms with Crippen LogP contribution in [-0.2, 0) is 0 Å². The minimum absolute atomic E-state index is 0.0652. The minimum Gasteiger partial charge on any atom is -0.350 e. The van der Waals surface area contributed by atoms with Crippen LogP contribution in [0.3, 0.4) is 0 Å². The van der Waals surface area contributed by atoms with Gasteiger partial charge in [0.2, 0.25) is 0 Å². The first-order valence-corrected chi connectivity index (χ1v) is 5.99. The largest absolute Gasteiger partial charge is 0.350 e. The highest BCUT2D eigenvalue weighted by atomic mass is 16.1. The molecule has 1 heterocycles. The van der Waals surface area contributed by atoms with Crippen molar-refractivity contribution in [3.63, 3.8) is 0 Å². The van der Waals surface area contributed by atoms with E-state index in [4.69, 9.17) is 0 Å². The molecule has 0 spiro atoms. The minimum atomic E-state index is -0.0652. The average molecular weight is 240 g/mol. The van der Waals surface area contributed by atoms with E-state index in [-0.39, 0.29) is 11.9 Å². The summed E-state index contributed by atoms with van der Waals surface area (Å²) in [5.74, 6) is -0.0652. The summed E-state index contributed by atoms with van der Waals surface area (Å²) in [7, 11) is 0. The first-order valence-electron chi connectivity index (χ1n) is 5.99. The molecule has 0 aliphatic rings. The maximum Gasteiger partial charge on any atom is 0.251 e. The zero-order valence-corrected chi connectivity index (χ0v) is 10.6. The fourth-order valence-corrected chi connectivity index (χ4v) is 1.68. The number of amides is 1. The van der Waals surface area contributed by atoms with E-state index < -0.39 is 0 Å². The highest BCUT2D eigenvalue weighted by Gasteiger charge is 2.08. The highest BCUT2D eigenvalue weighted by molar-refractivity contribution is 5.95. The summed E-state index contributed by atoms with van der Waals surface area (Å²) < 4.78 is 0. The van der Waals surface area contributed by atoms with E-state index in [2.05, 4.69) is 10.3 Å². The Labute approximate surface area is 107 Å². The van der Waals surface area contributed by atoms with Crippen molar-refractivity contribution in [3.05, 3.63) is 54.2 Å². The quantitative estimate of drug-likeness (QED) is 0.896. The number of rotatable bonds is 3. The maximum absolute atomic E-state index is 11.9. The molecule has 0 radical (unpaired) electrons. The van der Waals surface area contributed by atoms with Crippen molar-refractivity contribution in [1.29, 1.82) is 0 Å². The summed E-state index contributed by atoms with van der Waals surface area (Å²) in [4.78, 5) is 16.2. The molecule has 3 nitrogen and oxygen atoms in total. The lowest BCUT2D eigenvalue weighted by Gasteiger charge is -2.09. The molecule has 0 aliphatic heterocycles. The van der Waals surface area contributed by atoms with E-state index in [0.717, 1.165) is 11.3 Å². The van der Waals surface area contributed by atoms with E-state index in [0.29, 0.717) is 5.56 Å². The molecule has 2 rings (SSSR count). The molecule has 0 aliphatic carbocycles.